The lowest BCUT2D eigenvalue weighted by molar-refractivity contribution is -0.137. The van der Waals surface area contributed by atoms with Crippen molar-refractivity contribution in [3.05, 3.63) is 46.3 Å². The molecule has 0 spiro atoms. The minimum Gasteiger partial charge on any atom is -0.476 e. The van der Waals surface area contributed by atoms with E-state index in [2.05, 4.69) is 31.2 Å². The van der Waals surface area contributed by atoms with Gasteiger partial charge in [-0.25, -0.2) is 14.8 Å². The quantitative estimate of drug-likeness (QED) is 0.871. The molecule has 21 heavy (non-hydrogen) atoms. The highest BCUT2D eigenvalue weighted by Crippen LogP contribution is 2.34. The molecule has 5 nitrogen and oxygen atoms in total. The molecule has 1 aromatic heterocycles. The summed E-state index contributed by atoms with van der Waals surface area (Å²) in [6.45, 7) is 0. The van der Waals surface area contributed by atoms with E-state index in [1.807, 2.05) is 0 Å². The molecular weight excluding hydrogens is 355 g/mol. The number of alkyl halides is 3. The van der Waals surface area contributed by atoms with Crippen LogP contribution in [0.25, 0.3) is 0 Å². The smallest absolute Gasteiger partial charge is 0.416 e. The van der Waals surface area contributed by atoms with E-state index in [1.54, 1.807) is 0 Å². The van der Waals surface area contributed by atoms with Crippen LogP contribution in [0.5, 0.6) is 0 Å². The van der Waals surface area contributed by atoms with E-state index in [0.29, 0.717) is 4.47 Å². The number of benzene rings is 1. The van der Waals surface area contributed by atoms with Crippen LogP contribution < -0.4 is 5.32 Å². The summed E-state index contributed by atoms with van der Waals surface area (Å²) in [7, 11) is 0. The van der Waals surface area contributed by atoms with Crippen molar-refractivity contribution in [1.82, 2.24) is 9.97 Å². The van der Waals surface area contributed by atoms with Gasteiger partial charge in [0.05, 0.1) is 23.6 Å². The Balaban J connectivity index is 2.28. The van der Waals surface area contributed by atoms with Gasteiger partial charge < -0.3 is 10.4 Å². The minimum atomic E-state index is -4.46. The molecule has 0 saturated heterocycles. The monoisotopic (exact) mass is 361 g/mol. The van der Waals surface area contributed by atoms with Crippen LogP contribution in [0.4, 0.5) is 24.7 Å². The van der Waals surface area contributed by atoms with Gasteiger partial charge >= 0.3 is 12.1 Å². The SMILES string of the molecule is O=C(O)c1cnc(Nc2cc(C(F)(F)F)ccc2Br)cn1. The van der Waals surface area contributed by atoms with Crippen molar-refractivity contribution in [1.29, 1.82) is 0 Å². The van der Waals surface area contributed by atoms with Gasteiger partial charge in [0.15, 0.2) is 5.69 Å². The van der Waals surface area contributed by atoms with Gasteiger partial charge in [0.25, 0.3) is 0 Å². The topological polar surface area (TPSA) is 75.1 Å². The molecular formula is C12H7BrF3N3O2. The van der Waals surface area contributed by atoms with Gasteiger partial charge in [-0.3, -0.25) is 0 Å². The van der Waals surface area contributed by atoms with Gasteiger partial charge in [0.1, 0.15) is 5.82 Å². The number of carbonyl (C=O) groups is 1. The van der Waals surface area contributed by atoms with E-state index in [9.17, 15) is 18.0 Å². The second-order valence-electron chi connectivity index (χ2n) is 3.91. The molecule has 0 aliphatic carbocycles. The molecule has 0 radical (unpaired) electrons. The maximum Gasteiger partial charge on any atom is 0.416 e. The predicted molar refractivity (Wildman–Crippen MR) is 71.4 cm³/mol. The fourth-order valence-electron chi connectivity index (χ4n) is 1.44. The molecule has 0 amide bonds. The Morgan fingerprint density at radius 3 is 2.48 bits per heavy atom. The molecule has 0 atom stereocenters. The molecule has 0 aliphatic heterocycles. The van der Waals surface area contributed by atoms with Crippen LogP contribution in [-0.2, 0) is 6.18 Å². The van der Waals surface area contributed by atoms with Crippen molar-refractivity contribution in [3.63, 3.8) is 0 Å². The van der Waals surface area contributed by atoms with Crippen molar-refractivity contribution in [2.24, 2.45) is 0 Å². The van der Waals surface area contributed by atoms with Crippen molar-refractivity contribution >= 4 is 33.4 Å². The van der Waals surface area contributed by atoms with Crippen LogP contribution in [-0.4, -0.2) is 21.0 Å². The normalized spacial score (nSPS) is 11.2. The number of anilines is 2. The van der Waals surface area contributed by atoms with Crippen LogP contribution in [0.2, 0.25) is 0 Å². The highest BCUT2D eigenvalue weighted by Gasteiger charge is 2.30. The molecule has 0 saturated carbocycles. The predicted octanol–water partition coefficient (Wildman–Crippen LogP) is 3.70. The number of halogens is 4. The van der Waals surface area contributed by atoms with E-state index in [-0.39, 0.29) is 17.2 Å². The van der Waals surface area contributed by atoms with Crippen LogP contribution in [0.1, 0.15) is 16.1 Å². The second-order valence-corrected chi connectivity index (χ2v) is 4.76. The van der Waals surface area contributed by atoms with Crippen LogP contribution in [0.15, 0.2) is 35.1 Å². The third-order valence-electron chi connectivity index (χ3n) is 2.43. The van der Waals surface area contributed by atoms with Gasteiger partial charge in [0, 0.05) is 4.47 Å². The lowest BCUT2D eigenvalue weighted by atomic mass is 10.2. The summed E-state index contributed by atoms with van der Waals surface area (Å²) >= 11 is 3.12. The Hall–Kier alpha value is -2.16. The maximum absolute atomic E-state index is 12.6. The highest BCUT2D eigenvalue weighted by molar-refractivity contribution is 9.10. The summed E-state index contributed by atoms with van der Waals surface area (Å²) in [6, 6.07) is 3.11. The zero-order chi connectivity index (χ0) is 15.6. The number of hydrogen-bond donors (Lipinski definition) is 2. The molecule has 110 valence electrons. The fraction of sp³-hybridized carbons (Fsp3) is 0.0833. The number of aromatic carboxylic acids is 1. The van der Waals surface area contributed by atoms with E-state index in [0.717, 1.165) is 24.5 Å². The highest BCUT2D eigenvalue weighted by atomic mass is 79.9. The van der Waals surface area contributed by atoms with Crippen molar-refractivity contribution < 1.29 is 23.1 Å². The summed E-state index contributed by atoms with van der Waals surface area (Å²) in [5, 5.41) is 11.3. The zero-order valence-electron chi connectivity index (χ0n) is 10.1. The number of aromatic nitrogens is 2. The van der Waals surface area contributed by atoms with E-state index in [4.69, 9.17) is 5.11 Å². The maximum atomic E-state index is 12.6. The summed E-state index contributed by atoms with van der Waals surface area (Å²) in [4.78, 5) is 18.0. The summed E-state index contributed by atoms with van der Waals surface area (Å²) in [6.07, 6.45) is -2.34. The Morgan fingerprint density at radius 2 is 1.95 bits per heavy atom. The molecule has 2 N–H and O–H groups in total. The van der Waals surface area contributed by atoms with Gasteiger partial charge in [-0.2, -0.15) is 13.2 Å². The molecule has 1 aromatic carbocycles. The van der Waals surface area contributed by atoms with E-state index < -0.39 is 17.7 Å². The fourth-order valence-corrected chi connectivity index (χ4v) is 1.78. The van der Waals surface area contributed by atoms with Gasteiger partial charge in [-0.05, 0) is 34.1 Å². The van der Waals surface area contributed by atoms with Gasteiger partial charge in [0.2, 0.25) is 0 Å². The number of carboxylic acid groups (broad SMARTS) is 1. The number of carboxylic acids is 1. The molecule has 0 bridgehead atoms. The molecule has 2 aromatic rings. The van der Waals surface area contributed by atoms with E-state index >= 15 is 0 Å². The Morgan fingerprint density at radius 1 is 1.24 bits per heavy atom. The average Bonchev–Trinajstić information content (AvgIpc) is 2.40. The Kier molecular flexibility index (Phi) is 4.12. The minimum absolute atomic E-state index is 0.125. The van der Waals surface area contributed by atoms with Crippen LogP contribution in [0.3, 0.4) is 0 Å². The average molecular weight is 362 g/mol. The van der Waals surface area contributed by atoms with Crippen molar-refractivity contribution in [2.75, 3.05) is 5.32 Å². The zero-order valence-corrected chi connectivity index (χ0v) is 11.7. The molecule has 0 fully saturated rings. The van der Waals surface area contributed by atoms with Crippen LogP contribution in [0, 0.1) is 0 Å². The Labute approximate surface area is 125 Å². The first-order valence-electron chi connectivity index (χ1n) is 5.46. The molecule has 0 unspecified atom stereocenters. The standard InChI is InChI=1S/C12H7BrF3N3O2/c13-7-2-1-6(12(14,15)16)3-8(7)19-10-5-17-9(4-18-10)11(20)21/h1-5H,(H,18,19)(H,20,21). The second kappa shape index (κ2) is 5.68. The van der Waals surface area contributed by atoms with Gasteiger partial charge in [-0.1, -0.05) is 0 Å². The molecule has 1 heterocycles. The third kappa shape index (κ3) is 3.69. The lowest BCUT2D eigenvalue weighted by Gasteiger charge is -2.12. The van der Waals surface area contributed by atoms with Crippen molar-refractivity contribution in [3.8, 4) is 0 Å². The third-order valence-corrected chi connectivity index (χ3v) is 3.12. The number of nitrogens with one attached hydrogen (secondary N) is 1. The lowest BCUT2D eigenvalue weighted by Crippen LogP contribution is -2.06. The largest absolute Gasteiger partial charge is 0.476 e. The van der Waals surface area contributed by atoms with Gasteiger partial charge in [-0.15, -0.1) is 0 Å². The number of rotatable bonds is 3. The summed E-state index contributed by atoms with van der Waals surface area (Å²) in [5.41, 5.74) is -0.936. The summed E-state index contributed by atoms with van der Waals surface area (Å²) < 4.78 is 38.3. The molecule has 0 aliphatic rings. The van der Waals surface area contributed by atoms with E-state index in [1.165, 1.54) is 6.07 Å². The number of nitrogens with zero attached hydrogens (tertiary/aromatic N) is 2. The summed E-state index contributed by atoms with van der Waals surface area (Å²) in [5.74, 6) is -1.12. The molecule has 2 rings (SSSR count). The first-order chi connectivity index (χ1) is 9.77. The number of hydrogen-bond acceptors (Lipinski definition) is 4. The first-order valence-corrected chi connectivity index (χ1v) is 6.26. The van der Waals surface area contributed by atoms with Crippen LogP contribution >= 0.6 is 15.9 Å². The van der Waals surface area contributed by atoms with Crippen molar-refractivity contribution in [2.45, 2.75) is 6.18 Å². The molecule has 9 heteroatoms. The Bertz CT molecular complexity index is 674. The first kappa shape index (κ1) is 15.2.